The second-order valence-corrected chi connectivity index (χ2v) is 6.09. The van der Waals surface area contributed by atoms with E-state index < -0.39 is 0 Å². The summed E-state index contributed by atoms with van der Waals surface area (Å²) in [4.78, 5) is 0. The molecule has 0 unspecified atom stereocenters. The highest BCUT2D eigenvalue weighted by molar-refractivity contribution is 5.29. The quantitative estimate of drug-likeness (QED) is 0.709. The van der Waals surface area contributed by atoms with E-state index in [1.54, 1.807) is 13.2 Å². The van der Waals surface area contributed by atoms with Crippen molar-refractivity contribution >= 4 is 0 Å². The van der Waals surface area contributed by atoms with Crippen molar-refractivity contribution in [2.24, 2.45) is 5.92 Å². The van der Waals surface area contributed by atoms with Crippen LogP contribution in [0.25, 0.3) is 0 Å². The third-order valence-electron chi connectivity index (χ3n) is 4.17. The van der Waals surface area contributed by atoms with Crippen molar-refractivity contribution in [1.82, 2.24) is 0 Å². The number of hydrogen-bond donors (Lipinski definition) is 0. The number of rotatable bonds is 7. The molecule has 0 aliphatic carbocycles. The van der Waals surface area contributed by atoms with E-state index in [0.29, 0.717) is 25.7 Å². The highest BCUT2D eigenvalue weighted by Crippen LogP contribution is 2.28. The summed E-state index contributed by atoms with van der Waals surface area (Å²) >= 11 is 0. The van der Waals surface area contributed by atoms with Crippen LogP contribution in [0.2, 0.25) is 0 Å². The van der Waals surface area contributed by atoms with Gasteiger partial charge >= 0.3 is 0 Å². The van der Waals surface area contributed by atoms with Gasteiger partial charge in [-0.2, -0.15) is 0 Å². The minimum Gasteiger partial charge on any atom is -0.497 e. The van der Waals surface area contributed by atoms with Crippen molar-refractivity contribution in [2.45, 2.75) is 12.7 Å². The maximum Gasteiger partial charge on any atom is 0.183 e. The van der Waals surface area contributed by atoms with E-state index in [1.165, 1.54) is 5.56 Å². The van der Waals surface area contributed by atoms with Gasteiger partial charge in [0.2, 0.25) is 0 Å². The molecule has 0 saturated carbocycles. The fourth-order valence-corrected chi connectivity index (χ4v) is 2.82. The Morgan fingerprint density at radius 3 is 2.24 bits per heavy atom. The molecule has 0 aromatic heterocycles. The summed E-state index contributed by atoms with van der Waals surface area (Å²) in [7, 11) is 1.68. The van der Waals surface area contributed by atoms with E-state index in [-0.39, 0.29) is 6.29 Å². The molecule has 1 heterocycles. The number of hydrogen-bond acceptors (Lipinski definition) is 4. The number of ether oxygens (including phenoxy) is 4. The van der Waals surface area contributed by atoms with Gasteiger partial charge in [0.1, 0.15) is 18.1 Å². The Balaban J connectivity index is 1.50. The number of benzene rings is 2. The summed E-state index contributed by atoms with van der Waals surface area (Å²) in [5.41, 5.74) is 2.27. The molecule has 1 aliphatic heterocycles. The minimum absolute atomic E-state index is 0.305. The predicted octanol–water partition coefficient (Wildman–Crippen LogP) is 4.16. The first-order valence-electron chi connectivity index (χ1n) is 8.48. The minimum atomic E-state index is -0.305. The Hall–Kier alpha value is -2.30. The van der Waals surface area contributed by atoms with Crippen LogP contribution in [0, 0.1) is 5.92 Å². The molecule has 0 amide bonds. The molecule has 3 rings (SSSR count). The summed E-state index contributed by atoms with van der Waals surface area (Å²) < 4.78 is 22.5. The molecular formula is C21H24O4. The molecule has 2 aromatic carbocycles. The van der Waals surface area contributed by atoms with Gasteiger partial charge < -0.3 is 18.9 Å². The monoisotopic (exact) mass is 340 g/mol. The zero-order valence-corrected chi connectivity index (χ0v) is 14.5. The standard InChI is InChI=1S/C21H24O4/c1-3-12-23-20-10-6-18(7-11-20)21-24-14-17(15-25-21)13-16-4-8-19(22-2)9-5-16/h3-11,17,21H,1,12-15H2,2H3. The van der Waals surface area contributed by atoms with Gasteiger partial charge in [0.05, 0.1) is 20.3 Å². The fourth-order valence-electron chi connectivity index (χ4n) is 2.82. The van der Waals surface area contributed by atoms with E-state index in [2.05, 4.69) is 18.7 Å². The fraction of sp³-hybridized carbons (Fsp3) is 0.333. The lowest BCUT2D eigenvalue weighted by Crippen LogP contribution is -2.28. The van der Waals surface area contributed by atoms with Crippen LogP contribution in [0.15, 0.2) is 61.2 Å². The summed E-state index contributed by atoms with van der Waals surface area (Å²) in [5.74, 6) is 2.05. The summed E-state index contributed by atoms with van der Waals surface area (Å²) in [6, 6.07) is 16.0. The Morgan fingerprint density at radius 2 is 1.64 bits per heavy atom. The van der Waals surface area contributed by atoms with Crippen LogP contribution in [0.1, 0.15) is 17.4 Å². The molecule has 132 valence electrons. The van der Waals surface area contributed by atoms with Gasteiger partial charge in [0, 0.05) is 11.5 Å². The van der Waals surface area contributed by atoms with Crippen LogP contribution in [0.3, 0.4) is 0 Å². The summed E-state index contributed by atoms with van der Waals surface area (Å²) in [6.07, 6.45) is 2.36. The van der Waals surface area contributed by atoms with Gasteiger partial charge in [0.15, 0.2) is 6.29 Å². The first kappa shape index (κ1) is 17.5. The average molecular weight is 340 g/mol. The lowest BCUT2D eigenvalue weighted by atomic mass is 10.00. The third kappa shape index (κ3) is 4.84. The van der Waals surface area contributed by atoms with Crippen LogP contribution in [-0.2, 0) is 15.9 Å². The average Bonchev–Trinajstić information content (AvgIpc) is 2.68. The Bertz CT molecular complexity index is 655. The molecule has 25 heavy (non-hydrogen) atoms. The molecule has 2 aromatic rings. The van der Waals surface area contributed by atoms with Crippen LogP contribution in [-0.4, -0.2) is 26.9 Å². The highest BCUT2D eigenvalue weighted by Gasteiger charge is 2.23. The Labute approximate surface area is 149 Å². The topological polar surface area (TPSA) is 36.9 Å². The molecule has 0 N–H and O–H groups in total. The molecule has 4 heteroatoms. The first-order valence-corrected chi connectivity index (χ1v) is 8.48. The van der Waals surface area contributed by atoms with Crippen molar-refractivity contribution in [2.75, 3.05) is 26.9 Å². The smallest absolute Gasteiger partial charge is 0.183 e. The second kappa shape index (κ2) is 8.70. The Kier molecular flexibility index (Phi) is 6.09. The largest absolute Gasteiger partial charge is 0.497 e. The van der Waals surface area contributed by atoms with E-state index in [0.717, 1.165) is 23.5 Å². The van der Waals surface area contributed by atoms with Crippen LogP contribution in [0.5, 0.6) is 11.5 Å². The van der Waals surface area contributed by atoms with Crippen molar-refractivity contribution in [3.8, 4) is 11.5 Å². The zero-order valence-electron chi connectivity index (χ0n) is 14.5. The molecular weight excluding hydrogens is 316 g/mol. The van der Waals surface area contributed by atoms with Crippen molar-refractivity contribution < 1.29 is 18.9 Å². The maximum atomic E-state index is 5.91. The molecule has 0 bridgehead atoms. The van der Waals surface area contributed by atoms with E-state index in [9.17, 15) is 0 Å². The van der Waals surface area contributed by atoms with Crippen molar-refractivity contribution in [1.29, 1.82) is 0 Å². The van der Waals surface area contributed by atoms with Crippen molar-refractivity contribution in [3.05, 3.63) is 72.3 Å². The van der Waals surface area contributed by atoms with Gasteiger partial charge in [-0.05, 0) is 36.2 Å². The maximum absolute atomic E-state index is 5.91. The molecule has 1 fully saturated rings. The molecule has 1 saturated heterocycles. The van der Waals surface area contributed by atoms with Gasteiger partial charge in [-0.3, -0.25) is 0 Å². The zero-order chi connectivity index (χ0) is 17.5. The van der Waals surface area contributed by atoms with Gasteiger partial charge in [-0.1, -0.05) is 36.9 Å². The van der Waals surface area contributed by atoms with Crippen LogP contribution in [0.4, 0.5) is 0 Å². The van der Waals surface area contributed by atoms with Gasteiger partial charge in [-0.15, -0.1) is 0 Å². The van der Waals surface area contributed by atoms with Crippen LogP contribution < -0.4 is 9.47 Å². The Morgan fingerprint density at radius 1 is 1.00 bits per heavy atom. The second-order valence-electron chi connectivity index (χ2n) is 6.09. The molecule has 0 radical (unpaired) electrons. The molecule has 4 nitrogen and oxygen atoms in total. The van der Waals surface area contributed by atoms with Gasteiger partial charge in [0.25, 0.3) is 0 Å². The first-order chi connectivity index (χ1) is 12.3. The summed E-state index contributed by atoms with van der Waals surface area (Å²) in [5, 5.41) is 0. The molecule has 0 atom stereocenters. The number of methoxy groups -OCH3 is 1. The molecule has 0 spiro atoms. The van der Waals surface area contributed by atoms with Crippen molar-refractivity contribution in [3.63, 3.8) is 0 Å². The van der Waals surface area contributed by atoms with E-state index in [1.807, 2.05) is 36.4 Å². The lowest BCUT2D eigenvalue weighted by Gasteiger charge is -2.29. The third-order valence-corrected chi connectivity index (χ3v) is 4.17. The van der Waals surface area contributed by atoms with E-state index in [4.69, 9.17) is 18.9 Å². The van der Waals surface area contributed by atoms with E-state index >= 15 is 0 Å². The van der Waals surface area contributed by atoms with Crippen LogP contribution >= 0.6 is 0 Å². The SMILES string of the molecule is C=CCOc1ccc(C2OCC(Cc3ccc(OC)cc3)CO2)cc1. The molecule has 1 aliphatic rings. The normalized spacial score (nSPS) is 20.0. The highest BCUT2D eigenvalue weighted by atomic mass is 16.7. The lowest BCUT2D eigenvalue weighted by molar-refractivity contribution is -0.204. The van der Waals surface area contributed by atoms with Gasteiger partial charge in [-0.25, -0.2) is 0 Å². The predicted molar refractivity (Wildman–Crippen MR) is 97.0 cm³/mol. The summed E-state index contributed by atoms with van der Waals surface area (Å²) in [6.45, 7) is 5.52.